The van der Waals surface area contributed by atoms with Crippen LogP contribution in [0.5, 0.6) is 0 Å². The van der Waals surface area contributed by atoms with Gasteiger partial charge in [-0.05, 0) is 12.8 Å². The first-order valence-corrected chi connectivity index (χ1v) is 7.33. The van der Waals surface area contributed by atoms with Crippen LogP contribution in [-0.4, -0.2) is 32.7 Å². The summed E-state index contributed by atoms with van der Waals surface area (Å²) in [6.07, 6.45) is 6.37. The van der Waals surface area contributed by atoms with Crippen molar-refractivity contribution in [3.63, 3.8) is 0 Å². The standard InChI is InChI=1S/C13H18ClN3O4/c14-9-6-17(13(21)16-11(9)18)7-10(12(19)20)15-8-4-2-1-3-5-8/h6,8,10,15H,1-5,7H2,(H,19,20)(H,16,18,21). The predicted octanol–water partition coefficient (Wildman–Crippen LogP) is 0.565. The molecule has 8 heteroatoms. The first-order chi connectivity index (χ1) is 9.97. The van der Waals surface area contributed by atoms with Gasteiger partial charge in [0.1, 0.15) is 11.1 Å². The largest absolute Gasteiger partial charge is 0.480 e. The minimum absolute atomic E-state index is 0.0822. The molecule has 1 atom stereocenters. The van der Waals surface area contributed by atoms with E-state index < -0.39 is 23.3 Å². The first kappa shape index (κ1) is 15.8. The van der Waals surface area contributed by atoms with Crippen molar-refractivity contribution in [1.82, 2.24) is 14.9 Å². The highest BCUT2D eigenvalue weighted by Crippen LogP contribution is 2.18. The Morgan fingerprint density at radius 1 is 1.43 bits per heavy atom. The van der Waals surface area contributed by atoms with Gasteiger partial charge >= 0.3 is 11.7 Å². The van der Waals surface area contributed by atoms with Gasteiger partial charge in [-0.3, -0.25) is 19.1 Å². The Kier molecular flexibility index (Phi) is 5.19. The molecule has 21 heavy (non-hydrogen) atoms. The number of aromatic nitrogens is 2. The van der Waals surface area contributed by atoms with E-state index in [4.69, 9.17) is 11.6 Å². The summed E-state index contributed by atoms with van der Waals surface area (Å²) in [6.45, 7) is -0.0822. The smallest absolute Gasteiger partial charge is 0.328 e. The van der Waals surface area contributed by atoms with E-state index in [1.165, 1.54) is 12.6 Å². The minimum atomic E-state index is -1.03. The lowest BCUT2D eigenvalue weighted by atomic mass is 9.95. The molecule has 1 heterocycles. The lowest BCUT2D eigenvalue weighted by molar-refractivity contribution is -0.140. The highest BCUT2D eigenvalue weighted by molar-refractivity contribution is 6.30. The minimum Gasteiger partial charge on any atom is -0.480 e. The van der Waals surface area contributed by atoms with Crippen molar-refractivity contribution in [2.24, 2.45) is 0 Å². The van der Waals surface area contributed by atoms with Crippen LogP contribution in [0.3, 0.4) is 0 Å². The van der Waals surface area contributed by atoms with Crippen molar-refractivity contribution >= 4 is 17.6 Å². The van der Waals surface area contributed by atoms with Crippen molar-refractivity contribution in [2.75, 3.05) is 0 Å². The van der Waals surface area contributed by atoms with E-state index in [2.05, 4.69) is 10.3 Å². The fourth-order valence-corrected chi connectivity index (χ4v) is 2.74. The van der Waals surface area contributed by atoms with Gasteiger partial charge in [-0.25, -0.2) is 4.79 Å². The quantitative estimate of drug-likeness (QED) is 0.736. The van der Waals surface area contributed by atoms with E-state index in [1.807, 2.05) is 0 Å². The SMILES string of the molecule is O=C(O)C(Cn1cc(Cl)c(=O)[nH]c1=O)NC1CCCCC1. The highest BCUT2D eigenvalue weighted by Gasteiger charge is 2.24. The zero-order valence-electron chi connectivity index (χ0n) is 11.5. The van der Waals surface area contributed by atoms with E-state index in [0.717, 1.165) is 30.3 Å². The third kappa shape index (κ3) is 4.18. The monoisotopic (exact) mass is 315 g/mol. The average molecular weight is 316 g/mol. The lowest BCUT2D eigenvalue weighted by Crippen LogP contribution is -2.48. The summed E-state index contributed by atoms with van der Waals surface area (Å²) in [6, 6.07) is -0.749. The molecule has 3 N–H and O–H groups in total. The van der Waals surface area contributed by atoms with Crippen molar-refractivity contribution in [3.8, 4) is 0 Å². The zero-order chi connectivity index (χ0) is 15.4. The molecular weight excluding hydrogens is 298 g/mol. The number of hydrogen-bond acceptors (Lipinski definition) is 4. The van der Waals surface area contributed by atoms with E-state index >= 15 is 0 Å². The van der Waals surface area contributed by atoms with Crippen LogP contribution in [0.2, 0.25) is 5.02 Å². The molecule has 0 spiro atoms. The number of halogens is 1. The number of nitrogens with zero attached hydrogens (tertiary/aromatic N) is 1. The van der Waals surface area contributed by atoms with Gasteiger partial charge in [0, 0.05) is 12.2 Å². The normalized spacial score (nSPS) is 17.6. The molecule has 0 amide bonds. The molecule has 0 saturated heterocycles. The topological polar surface area (TPSA) is 104 Å². The number of nitrogens with one attached hydrogen (secondary N) is 2. The Morgan fingerprint density at radius 2 is 2.10 bits per heavy atom. The molecule has 1 aromatic rings. The molecule has 1 aromatic heterocycles. The Bertz CT molecular complexity index is 619. The van der Waals surface area contributed by atoms with Gasteiger partial charge in [0.25, 0.3) is 5.56 Å². The molecule has 2 rings (SSSR count). The number of hydrogen-bond donors (Lipinski definition) is 3. The number of carboxylic acids is 1. The molecule has 1 aliphatic rings. The van der Waals surface area contributed by atoms with Crippen LogP contribution in [0.15, 0.2) is 15.8 Å². The molecular formula is C13H18ClN3O4. The molecule has 0 aromatic carbocycles. The van der Waals surface area contributed by atoms with Gasteiger partial charge in [-0.2, -0.15) is 0 Å². The van der Waals surface area contributed by atoms with Crippen LogP contribution in [0.4, 0.5) is 0 Å². The maximum absolute atomic E-state index is 11.7. The van der Waals surface area contributed by atoms with Gasteiger partial charge in [0.15, 0.2) is 0 Å². The predicted molar refractivity (Wildman–Crippen MR) is 77.8 cm³/mol. The number of carboxylic acid groups (broad SMARTS) is 1. The number of aliphatic carboxylic acids is 1. The van der Waals surface area contributed by atoms with E-state index in [1.54, 1.807) is 0 Å². The molecule has 7 nitrogen and oxygen atoms in total. The number of H-pyrrole nitrogens is 1. The van der Waals surface area contributed by atoms with Crippen molar-refractivity contribution in [1.29, 1.82) is 0 Å². The summed E-state index contributed by atoms with van der Waals surface area (Å²) in [7, 11) is 0. The molecule has 0 bridgehead atoms. The summed E-state index contributed by atoms with van der Waals surface area (Å²) in [5.41, 5.74) is -1.34. The van der Waals surface area contributed by atoms with Gasteiger partial charge in [-0.15, -0.1) is 0 Å². The van der Waals surface area contributed by atoms with Crippen LogP contribution in [0.25, 0.3) is 0 Å². The second-order valence-corrected chi connectivity index (χ2v) is 5.69. The molecule has 0 radical (unpaired) electrons. The third-order valence-electron chi connectivity index (χ3n) is 3.69. The Hall–Kier alpha value is -1.60. The molecule has 1 aliphatic carbocycles. The summed E-state index contributed by atoms with van der Waals surface area (Å²) < 4.78 is 1.11. The zero-order valence-corrected chi connectivity index (χ0v) is 12.2. The highest BCUT2D eigenvalue weighted by atomic mass is 35.5. The van der Waals surface area contributed by atoms with Gasteiger partial charge in [-0.1, -0.05) is 30.9 Å². The Balaban J connectivity index is 2.12. The number of rotatable bonds is 5. The molecule has 1 fully saturated rings. The summed E-state index contributed by atoms with van der Waals surface area (Å²) in [4.78, 5) is 36.3. The second kappa shape index (κ2) is 6.91. The van der Waals surface area contributed by atoms with Gasteiger partial charge < -0.3 is 10.4 Å². The lowest BCUT2D eigenvalue weighted by Gasteiger charge is -2.26. The Morgan fingerprint density at radius 3 is 2.71 bits per heavy atom. The number of carbonyl (C=O) groups is 1. The van der Waals surface area contributed by atoms with Crippen molar-refractivity contribution in [2.45, 2.75) is 50.7 Å². The second-order valence-electron chi connectivity index (χ2n) is 5.28. The van der Waals surface area contributed by atoms with Crippen molar-refractivity contribution < 1.29 is 9.90 Å². The van der Waals surface area contributed by atoms with Gasteiger partial charge in [0.05, 0.1) is 6.54 Å². The van der Waals surface area contributed by atoms with Crippen LogP contribution >= 0.6 is 11.6 Å². The van der Waals surface area contributed by atoms with E-state index in [-0.39, 0.29) is 17.6 Å². The third-order valence-corrected chi connectivity index (χ3v) is 3.96. The molecule has 1 unspecified atom stereocenters. The van der Waals surface area contributed by atoms with E-state index in [9.17, 15) is 19.5 Å². The first-order valence-electron chi connectivity index (χ1n) is 6.95. The average Bonchev–Trinajstić information content (AvgIpc) is 2.44. The Labute approximate surface area is 125 Å². The molecule has 1 saturated carbocycles. The number of aromatic amines is 1. The summed E-state index contributed by atoms with van der Waals surface area (Å²) in [5, 5.41) is 12.2. The van der Waals surface area contributed by atoms with E-state index in [0.29, 0.717) is 0 Å². The maximum atomic E-state index is 11.7. The van der Waals surface area contributed by atoms with Crippen LogP contribution in [-0.2, 0) is 11.3 Å². The van der Waals surface area contributed by atoms with Crippen LogP contribution in [0.1, 0.15) is 32.1 Å². The fraction of sp³-hybridized carbons (Fsp3) is 0.615. The van der Waals surface area contributed by atoms with Crippen LogP contribution in [0, 0.1) is 0 Å². The van der Waals surface area contributed by atoms with Crippen LogP contribution < -0.4 is 16.6 Å². The van der Waals surface area contributed by atoms with Crippen molar-refractivity contribution in [3.05, 3.63) is 32.1 Å². The molecule has 0 aliphatic heterocycles. The summed E-state index contributed by atoms with van der Waals surface area (Å²) in [5.74, 6) is -1.03. The fourth-order valence-electron chi connectivity index (χ4n) is 2.57. The summed E-state index contributed by atoms with van der Waals surface area (Å²) >= 11 is 5.67. The van der Waals surface area contributed by atoms with Gasteiger partial charge in [0.2, 0.25) is 0 Å². The maximum Gasteiger partial charge on any atom is 0.328 e. The molecule has 116 valence electrons.